The highest BCUT2D eigenvalue weighted by atomic mass is 16.5. The topological polar surface area (TPSA) is 73.5 Å². The molecule has 1 atom stereocenters. The summed E-state index contributed by atoms with van der Waals surface area (Å²) in [6.07, 6.45) is 3.73. The second-order valence-corrected chi connectivity index (χ2v) is 6.55. The lowest BCUT2D eigenvalue weighted by Crippen LogP contribution is -2.18. The minimum Gasteiger partial charge on any atom is -0.494 e. The Morgan fingerprint density at radius 3 is 3.00 bits per heavy atom. The van der Waals surface area contributed by atoms with E-state index < -0.39 is 0 Å². The molecule has 1 aliphatic rings. The number of methoxy groups -OCH3 is 1. The Bertz CT molecular complexity index is 889. The van der Waals surface area contributed by atoms with E-state index in [1.54, 1.807) is 13.3 Å². The third-order valence-corrected chi connectivity index (χ3v) is 4.58. The van der Waals surface area contributed by atoms with Crippen LogP contribution in [0.3, 0.4) is 0 Å². The number of fused-ring (bicyclic) bond motifs is 1. The van der Waals surface area contributed by atoms with Crippen molar-refractivity contribution >= 4 is 10.9 Å². The Kier molecular flexibility index (Phi) is 4.81. The minimum atomic E-state index is -0.0434. The van der Waals surface area contributed by atoms with Crippen molar-refractivity contribution in [1.29, 1.82) is 0 Å². The molecule has 0 radical (unpaired) electrons. The predicted octanol–water partition coefficient (Wildman–Crippen LogP) is 3.11. The SMILES string of the molecule is COc1ccc(CN(C)Cc2noc([C@@H]3CCCO3)n2)c2cccnc12. The number of pyridine rings is 1. The molecule has 0 spiro atoms. The van der Waals surface area contributed by atoms with Crippen LogP contribution in [0.4, 0.5) is 0 Å². The molecular weight excluding hydrogens is 332 g/mol. The predicted molar refractivity (Wildman–Crippen MR) is 95.7 cm³/mol. The van der Waals surface area contributed by atoms with Gasteiger partial charge in [0.05, 0.1) is 13.7 Å². The van der Waals surface area contributed by atoms with Crippen molar-refractivity contribution in [3.05, 3.63) is 47.7 Å². The number of rotatable bonds is 6. The van der Waals surface area contributed by atoms with Crippen LogP contribution in [-0.4, -0.2) is 40.8 Å². The van der Waals surface area contributed by atoms with Gasteiger partial charge in [0.2, 0.25) is 0 Å². The number of benzene rings is 1. The molecule has 7 heteroatoms. The van der Waals surface area contributed by atoms with Crippen LogP contribution >= 0.6 is 0 Å². The minimum absolute atomic E-state index is 0.0434. The maximum absolute atomic E-state index is 5.59. The van der Waals surface area contributed by atoms with E-state index in [4.69, 9.17) is 14.0 Å². The van der Waals surface area contributed by atoms with E-state index in [2.05, 4.69) is 32.2 Å². The third kappa shape index (κ3) is 3.40. The molecule has 1 fully saturated rings. The van der Waals surface area contributed by atoms with E-state index in [1.807, 2.05) is 19.2 Å². The van der Waals surface area contributed by atoms with Crippen LogP contribution in [-0.2, 0) is 17.8 Å². The molecule has 0 amide bonds. The number of hydrogen-bond donors (Lipinski definition) is 0. The first kappa shape index (κ1) is 16.9. The van der Waals surface area contributed by atoms with Crippen LogP contribution in [0.1, 0.15) is 36.2 Å². The van der Waals surface area contributed by atoms with Crippen molar-refractivity contribution in [3.63, 3.8) is 0 Å². The van der Waals surface area contributed by atoms with E-state index in [0.717, 1.165) is 42.6 Å². The van der Waals surface area contributed by atoms with Crippen molar-refractivity contribution in [2.24, 2.45) is 0 Å². The molecule has 1 aliphatic heterocycles. The molecule has 0 bridgehead atoms. The lowest BCUT2D eigenvalue weighted by Gasteiger charge is -2.16. The Morgan fingerprint density at radius 2 is 2.19 bits per heavy atom. The zero-order valence-corrected chi connectivity index (χ0v) is 15.0. The second kappa shape index (κ2) is 7.39. The van der Waals surface area contributed by atoms with Gasteiger partial charge in [-0.25, -0.2) is 0 Å². The highest BCUT2D eigenvalue weighted by Crippen LogP contribution is 2.28. The van der Waals surface area contributed by atoms with E-state index >= 15 is 0 Å². The summed E-state index contributed by atoms with van der Waals surface area (Å²) in [4.78, 5) is 11.1. The number of nitrogens with zero attached hydrogens (tertiary/aromatic N) is 4. The zero-order chi connectivity index (χ0) is 17.9. The smallest absolute Gasteiger partial charge is 0.255 e. The van der Waals surface area contributed by atoms with Crippen LogP contribution in [0.2, 0.25) is 0 Å². The van der Waals surface area contributed by atoms with Crippen LogP contribution in [0.25, 0.3) is 10.9 Å². The molecule has 26 heavy (non-hydrogen) atoms. The highest BCUT2D eigenvalue weighted by molar-refractivity contribution is 5.87. The van der Waals surface area contributed by atoms with Crippen molar-refractivity contribution in [3.8, 4) is 5.75 Å². The summed E-state index contributed by atoms with van der Waals surface area (Å²) in [6, 6.07) is 8.05. The first-order chi connectivity index (χ1) is 12.7. The zero-order valence-electron chi connectivity index (χ0n) is 15.0. The standard InChI is InChI=1S/C19H22N4O3/c1-23(12-17-21-19(26-22-17)16-6-4-10-25-16)11-13-7-8-15(24-2)18-14(13)5-3-9-20-18/h3,5,7-9,16H,4,6,10-12H2,1-2H3/t16-/m0/s1. The lowest BCUT2D eigenvalue weighted by atomic mass is 10.1. The van der Waals surface area contributed by atoms with Gasteiger partial charge in [-0.3, -0.25) is 9.88 Å². The van der Waals surface area contributed by atoms with Crippen molar-refractivity contribution in [1.82, 2.24) is 20.0 Å². The Labute approximate surface area is 151 Å². The highest BCUT2D eigenvalue weighted by Gasteiger charge is 2.24. The number of ether oxygens (including phenoxy) is 2. The van der Waals surface area contributed by atoms with Crippen LogP contribution < -0.4 is 4.74 Å². The molecule has 0 aliphatic carbocycles. The summed E-state index contributed by atoms with van der Waals surface area (Å²) < 4.78 is 16.4. The van der Waals surface area contributed by atoms with Crippen molar-refractivity contribution in [2.75, 3.05) is 20.8 Å². The largest absolute Gasteiger partial charge is 0.494 e. The summed E-state index contributed by atoms with van der Waals surface area (Å²) in [5, 5.41) is 5.18. The first-order valence-corrected chi connectivity index (χ1v) is 8.78. The van der Waals surface area contributed by atoms with E-state index in [1.165, 1.54) is 5.56 Å². The molecule has 1 saturated heterocycles. The summed E-state index contributed by atoms with van der Waals surface area (Å²) in [7, 11) is 3.70. The van der Waals surface area contributed by atoms with E-state index in [9.17, 15) is 0 Å². The summed E-state index contributed by atoms with van der Waals surface area (Å²) in [6.45, 7) is 2.11. The van der Waals surface area contributed by atoms with Gasteiger partial charge in [-0.2, -0.15) is 4.98 Å². The molecule has 0 N–H and O–H groups in total. The average Bonchev–Trinajstić information content (AvgIpc) is 3.33. The van der Waals surface area contributed by atoms with Crippen LogP contribution in [0, 0.1) is 0 Å². The molecule has 0 saturated carbocycles. The van der Waals surface area contributed by atoms with Gasteiger partial charge in [0, 0.05) is 24.7 Å². The Balaban J connectivity index is 1.48. The molecule has 136 valence electrons. The summed E-state index contributed by atoms with van der Waals surface area (Å²) in [5.41, 5.74) is 2.06. The van der Waals surface area contributed by atoms with E-state index in [0.29, 0.717) is 18.3 Å². The van der Waals surface area contributed by atoms with Gasteiger partial charge in [-0.05, 0) is 37.6 Å². The second-order valence-electron chi connectivity index (χ2n) is 6.55. The average molecular weight is 354 g/mol. The number of hydrogen-bond acceptors (Lipinski definition) is 7. The Hall–Kier alpha value is -2.51. The number of aromatic nitrogens is 3. The summed E-state index contributed by atoms with van der Waals surface area (Å²) in [5.74, 6) is 2.05. The monoisotopic (exact) mass is 354 g/mol. The van der Waals surface area contributed by atoms with Crippen molar-refractivity contribution in [2.45, 2.75) is 32.0 Å². The van der Waals surface area contributed by atoms with Gasteiger partial charge >= 0.3 is 0 Å². The first-order valence-electron chi connectivity index (χ1n) is 8.78. The molecule has 4 rings (SSSR count). The van der Waals surface area contributed by atoms with Gasteiger partial charge in [-0.1, -0.05) is 17.3 Å². The van der Waals surface area contributed by atoms with Gasteiger partial charge in [0.15, 0.2) is 5.82 Å². The fourth-order valence-corrected chi connectivity index (χ4v) is 3.33. The van der Waals surface area contributed by atoms with Crippen LogP contribution in [0.15, 0.2) is 35.0 Å². The van der Waals surface area contributed by atoms with Gasteiger partial charge in [-0.15, -0.1) is 0 Å². The van der Waals surface area contributed by atoms with E-state index in [-0.39, 0.29) is 6.10 Å². The quantitative estimate of drug-likeness (QED) is 0.673. The molecule has 3 heterocycles. The van der Waals surface area contributed by atoms with Gasteiger partial charge < -0.3 is 14.0 Å². The lowest BCUT2D eigenvalue weighted by molar-refractivity contribution is 0.0835. The molecule has 0 unspecified atom stereocenters. The van der Waals surface area contributed by atoms with Gasteiger partial charge in [0.25, 0.3) is 5.89 Å². The third-order valence-electron chi connectivity index (χ3n) is 4.58. The van der Waals surface area contributed by atoms with Crippen molar-refractivity contribution < 1.29 is 14.0 Å². The molecule has 7 nitrogen and oxygen atoms in total. The normalized spacial score (nSPS) is 17.3. The fraction of sp³-hybridized carbons (Fsp3) is 0.421. The molecular formula is C19H22N4O3. The summed E-state index contributed by atoms with van der Waals surface area (Å²) >= 11 is 0. The maximum atomic E-state index is 5.59. The molecule has 2 aromatic heterocycles. The van der Waals surface area contributed by atoms with Gasteiger partial charge in [0.1, 0.15) is 17.4 Å². The fourth-order valence-electron chi connectivity index (χ4n) is 3.33. The molecule has 3 aromatic rings. The Morgan fingerprint density at radius 1 is 1.27 bits per heavy atom. The molecule has 1 aromatic carbocycles. The van der Waals surface area contributed by atoms with Crippen LogP contribution in [0.5, 0.6) is 5.75 Å². The maximum Gasteiger partial charge on any atom is 0.255 e.